The van der Waals surface area contributed by atoms with Gasteiger partial charge in [0.2, 0.25) is 5.91 Å². The standard InChI is InChI=1S/C19H19N3O2S/c1-25-16-9-5-8-15(12-16)20-19(24)17-10-11-18(23)22(21-17)13-14-6-3-2-4-7-14/h2-9,12H,10-11,13H2,1H3,(H,20,24). The number of thioether (sulfide) groups is 1. The molecule has 0 bridgehead atoms. The van der Waals surface area contributed by atoms with Crippen molar-refractivity contribution in [2.75, 3.05) is 11.6 Å². The molecule has 1 aliphatic rings. The second kappa shape index (κ2) is 7.98. The third-order valence-corrected chi connectivity index (χ3v) is 4.60. The molecular formula is C19H19N3O2S. The van der Waals surface area contributed by atoms with Gasteiger partial charge in [-0.15, -0.1) is 11.8 Å². The number of rotatable bonds is 5. The molecule has 0 saturated carbocycles. The first-order chi connectivity index (χ1) is 12.2. The minimum absolute atomic E-state index is 0.0650. The van der Waals surface area contributed by atoms with Crippen LogP contribution in [-0.4, -0.2) is 28.8 Å². The van der Waals surface area contributed by atoms with E-state index in [0.29, 0.717) is 25.1 Å². The fourth-order valence-corrected chi connectivity index (χ4v) is 3.01. The third-order valence-electron chi connectivity index (χ3n) is 3.87. The van der Waals surface area contributed by atoms with Gasteiger partial charge in [-0.25, -0.2) is 5.01 Å². The predicted octanol–water partition coefficient (Wildman–Crippen LogP) is 3.53. The average molecular weight is 353 g/mol. The molecule has 0 unspecified atom stereocenters. The van der Waals surface area contributed by atoms with Crippen LogP contribution in [0.3, 0.4) is 0 Å². The van der Waals surface area contributed by atoms with E-state index in [-0.39, 0.29) is 11.8 Å². The van der Waals surface area contributed by atoms with Crippen LogP contribution in [0.1, 0.15) is 18.4 Å². The molecule has 0 aliphatic carbocycles. The number of amides is 2. The topological polar surface area (TPSA) is 61.8 Å². The highest BCUT2D eigenvalue weighted by molar-refractivity contribution is 7.98. The number of hydrogen-bond acceptors (Lipinski definition) is 4. The van der Waals surface area contributed by atoms with Gasteiger partial charge in [0.25, 0.3) is 5.91 Å². The number of anilines is 1. The molecule has 5 nitrogen and oxygen atoms in total. The fourth-order valence-electron chi connectivity index (χ4n) is 2.55. The minimum Gasteiger partial charge on any atom is -0.321 e. The van der Waals surface area contributed by atoms with Crippen molar-refractivity contribution in [2.24, 2.45) is 5.10 Å². The highest BCUT2D eigenvalue weighted by Gasteiger charge is 2.24. The number of hydrogen-bond donors (Lipinski definition) is 1. The monoisotopic (exact) mass is 353 g/mol. The largest absolute Gasteiger partial charge is 0.321 e. The van der Waals surface area contributed by atoms with Crippen LogP contribution in [0.4, 0.5) is 5.69 Å². The quantitative estimate of drug-likeness (QED) is 0.837. The van der Waals surface area contributed by atoms with Crippen LogP contribution in [0.5, 0.6) is 0 Å². The molecule has 128 valence electrons. The molecule has 0 radical (unpaired) electrons. The van der Waals surface area contributed by atoms with Crippen molar-refractivity contribution < 1.29 is 9.59 Å². The van der Waals surface area contributed by atoms with Gasteiger partial charge in [-0.2, -0.15) is 5.10 Å². The zero-order valence-electron chi connectivity index (χ0n) is 13.9. The lowest BCUT2D eigenvalue weighted by atomic mass is 10.1. The van der Waals surface area contributed by atoms with Crippen LogP contribution in [0, 0.1) is 0 Å². The summed E-state index contributed by atoms with van der Waals surface area (Å²) in [5, 5.41) is 8.53. The second-order valence-electron chi connectivity index (χ2n) is 5.67. The summed E-state index contributed by atoms with van der Waals surface area (Å²) in [4.78, 5) is 25.7. The predicted molar refractivity (Wildman–Crippen MR) is 101 cm³/mol. The smallest absolute Gasteiger partial charge is 0.271 e. The summed E-state index contributed by atoms with van der Waals surface area (Å²) in [5.41, 5.74) is 2.09. The summed E-state index contributed by atoms with van der Waals surface area (Å²) in [5.74, 6) is -0.325. The molecule has 3 rings (SSSR count). The molecular weight excluding hydrogens is 334 g/mol. The normalized spacial score (nSPS) is 14.2. The number of carbonyl (C=O) groups excluding carboxylic acids is 2. The Morgan fingerprint density at radius 2 is 1.96 bits per heavy atom. The van der Waals surface area contributed by atoms with Gasteiger partial charge in [0.15, 0.2) is 0 Å². The number of hydrazone groups is 1. The lowest BCUT2D eigenvalue weighted by molar-refractivity contribution is -0.132. The maximum atomic E-state index is 12.5. The zero-order chi connectivity index (χ0) is 17.6. The van der Waals surface area contributed by atoms with E-state index in [1.54, 1.807) is 11.8 Å². The van der Waals surface area contributed by atoms with Gasteiger partial charge in [-0.1, -0.05) is 36.4 Å². The van der Waals surface area contributed by atoms with Crippen molar-refractivity contribution in [2.45, 2.75) is 24.3 Å². The second-order valence-corrected chi connectivity index (χ2v) is 6.55. The molecule has 2 aromatic rings. The Morgan fingerprint density at radius 3 is 2.72 bits per heavy atom. The summed E-state index contributed by atoms with van der Waals surface area (Å²) in [6, 6.07) is 17.3. The average Bonchev–Trinajstić information content (AvgIpc) is 2.64. The van der Waals surface area contributed by atoms with Crippen molar-refractivity contribution in [3.05, 3.63) is 60.2 Å². The molecule has 1 heterocycles. The van der Waals surface area contributed by atoms with Gasteiger partial charge in [0, 0.05) is 23.4 Å². The van der Waals surface area contributed by atoms with E-state index in [2.05, 4.69) is 10.4 Å². The van der Waals surface area contributed by atoms with Crippen LogP contribution in [-0.2, 0) is 16.1 Å². The number of nitrogens with one attached hydrogen (secondary N) is 1. The molecule has 2 aromatic carbocycles. The van der Waals surface area contributed by atoms with Crippen molar-refractivity contribution in [1.82, 2.24) is 5.01 Å². The SMILES string of the molecule is CSc1cccc(NC(=O)C2=NN(Cc3ccccc3)C(=O)CC2)c1. The summed E-state index contributed by atoms with van der Waals surface area (Å²) >= 11 is 1.61. The van der Waals surface area contributed by atoms with Gasteiger partial charge in [0.1, 0.15) is 5.71 Å². The summed E-state index contributed by atoms with van der Waals surface area (Å²) in [7, 11) is 0. The Hall–Kier alpha value is -2.60. The van der Waals surface area contributed by atoms with E-state index in [0.717, 1.165) is 16.1 Å². The Bertz CT molecular complexity index is 805. The molecule has 0 fully saturated rings. The number of carbonyl (C=O) groups is 2. The summed E-state index contributed by atoms with van der Waals surface area (Å²) in [6.07, 6.45) is 2.64. The Kier molecular flexibility index (Phi) is 5.50. The zero-order valence-corrected chi connectivity index (χ0v) is 14.8. The molecule has 0 spiro atoms. The van der Waals surface area contributed by atoms with Crippen molar-refractivity contribution in [3.63, 3.8) is 0 Å². The maximum absolute atomic E-state index is 12.5. The highest BCUT2D eigenvalue weighted by atomic mass is 32.2. The van der Waals surface area contributed by atoms with Crippen molar-refractivity contribution in [1.29, 1.82) is 0 Å². The highest BCUT2D eigenvalue weighted by Crippen LogP contribution is 2.20. The van der Waals surface area contributed by atoms with Crippen LogP contribution in [0.25, 0.3) is 0 Å². The molecule has 1 N–H and O–H groups in total. The van der Waals surface area contributed by atoms with Crippen LogP contribution in [0.2, 0.25) is 0 Å². The van der Waals surface area contributed by atoms with Crippen LogP contribution in [0.15, 0.2) is 64.6 Å². The molecule has 6 heteroatoms. The van der Waals surface area contributed by atoms with E-state index in [9.17, 15) is 9.59 Å². The van der Waals surface area contributed by atoms with E-state index < -0.39 is 0 Å². The van der Waals surface area contributed by atoms with Gasteiger partial charge in [-0.05, 0) is 30.0 Å². The molecule has 0 atom stereocenters. The first-order valence-corrected chi connectivity index (χ1v) is 9.25. The fraction of sp³-hybridized carbons (Fsp3) is 0.211. The van der Waals surface area contributed by atoms with E-state index in [1.807, 2.05) is 60.9 Å². The number of nitrogens with zero attached hydrogens (tertiary/aromatic N) is 2. The summed E-state index contributed by atoms with van der Waals surface area (Å²) < 4.78 is 0. The molecule has 0 saturated heterocycles. The van der Waals surface area contributed by atoms with Gasteiger partial charge in [-0.3, -0.25) is 9.59 Å². The van der Waals surface area contributed by atoms with Crippen molar-refractivity contribution >= 4 is 35.0 Å². The first-order valence-electron chi connectivity index (χ1n) is 8.03. The van der Waals surface area contributed by atoms with Gasteiger partial charge < -0.3 is 5.32 Å². The van der Waals surface area contributed by atoms with E-state index in [4.69, 9.17) is 0 Å². The van der Waals surface area contributed by atoms with Crippen LogP contribution >= 0.6 is 11.8 Å². The molecule has 0 aromatic heterocycles. The Balaban J connectivity index is 1.72. The molecule has 1 aliphatic heterocycles. The van der Waals surface area contributed by atoms with Crippen molar-refractivity contribution in [3.8, 4) is 0 Å². The lowest BCUT2D eigenvalue weighted by Gasteiger charge is -2.23. The Labute approximate surface area is 151 Å². The van der Waals surface area contributed by atoms with E-state index in [1.165, 1.54) is 5.01 Å². The summed E-state index contributed by atoms with van der Waals surface area (Å²) in [6.45, 7) is 0.373. The minimum atomic E-state index is -0.260. The maximum Gasteiger partial charge on any atom is 0.271 e. The first kappa shape index (κ1) is 17.2. The Morgan fingerprint density at radius 1 is 1.16 bits per heavy atom. The molecule has 25 heavy (non-hydrogen) atoms. The van der Waals surface area contributed by atoms with E-state index >= 15 is 0 Å². The lowest BCUT2D eigenvalue weighted by Crippen LogP contribution is -2.36. The van der Waals surface area contributed by atoms with Gasteiger partial charge >= 0.3 is 0 Å². The van der Waals surface area contributed by atoms with Gasteiger partial charge in [0.05, 0.1) is 6.54 Å². The number of benzene rings is 2. The third kappa shape index (κ3) is 4.48. The van der Waals surface area contributed by atoms with Crippen LogP contribution < -0.4 is 5.32 Å². The molecule has 2 amide bonds.